The van der Waals surface area contributed by atoms with Crippen LogP contribution in [0, 0.1) is 0 Å². The standard InChI is InChI=1S/C22H22N2/c1-2-5-16-14-17(9-8-15(16)4-1)18-6-3-7-21-22(18)19-10-12-23-13-11-20(19)24-21/h1-9,14,19-20,23-24H,10-13H2. The Balaban J connectivity index is 1.65. The molecular formula is C22H22N2. The van der Waals surface area contributed by atoms with E-state index in [1.54, 1.807) is 0 Å². The highest BCUT2D eigenvalue weighted by Gasteiger charge is 2.34. The fourth-order valence-corrected chi connectivity index (χ4v) is 4.46. The van der Waals surface area contributed by atoms with Gasteiger partial charge in [-0.2, -0.15) is 0 Å². The Morgan fingerprint density at radius 2 is 1.67 bits per heavy atom. The van der Waals surface area contributed by atoms with Crippen molar-refractivity contribution in [2.24, 2.45) is 0 Å². The van der Waals surface area contributed by atoms with Gasteiger partial charge in [0.05, 0.1) is 0 Å². The summed E-state index contributed by atoms with van der Waals surface area (Å²) in [6, 6.07) is 22.8. The van der Waals surface area contributed by atoms with Crippen molar-refractivity contribution in [2.75, 3.05) is 18.4 Å². The van der Waals surface area contributed by atoms with Crippen LogP contribution < -0.4 is 10.6 Å². The first kappa shape index (κ1) is 14.1. The Kier molecular flexibility index (Phi) is 3.30. The normalized spacial score (nSPS) is 22.5. The summed E-state index contributed by atoms with van der Waals surface area (Å²) in [5.74, 6) is 0.623. The van der Waals surface area contributed by atoms with Crippen LogP contribution in [-0.2, 0) is 0 Å². The van der Waals surface area contributed by atoms with Crippen molar-refractivity contribution in [1.29, 1.82) is 0 Å². The molecule has 0 aromatic heterocycles. The molecule has 0 saturated carbocycles. The molecule has 2 nitrogen and oxygen atoms in total. The smallest absolute Gasteiger partial charge is 0.0384 e. The van der Waals surface area contributed by atoms with Gasteiger partial charge in [0.2, 0.25) is 0 Å². The molecule has 2 heterocycles. The summed E-state index contributed by atoms with van der Waals surface area (Å²) >= 11 is 0. The SMILES string of the molecule is c1cc2c(c(-c3ccc4ccccc4c3)c1)C1CCNCCC1N2. The maximum Gasteiger partial charge on any atom is 0.0384 e. The largest absolute Gasteiger partial charge is 0.381 e. The van der Waals surface area contributed by atoms with Gasteiger partial charge in [-0.25, -0.2) is 0 Å². The Labute approximate surface area is 142 Å². The molecule has 0 bridgehead atoms. The summed E-state index contributed by atoms with van der Waals surface area (Å²) < 4.78 is 0. The lowest BCUT2D eigenvalue weighted by atomic mass is 9.85. The van der Waals surface area contributed by atoms with E-state index in [0.29, 0.717) is 12.0 Å². The predicted molar refractivity (Wildman–Crippen MR) is 102 cm³/mol. The number of hydrogen-bond donors (Lipinski definition) is 2. The molecule has 0 spiro atoms. The maximum absolute atomic E-state index is 3.78. The maximum atomic E-state index is 3.78. The van der Waals surface area contributed by atoms with Gasteiger partial charge in [0.25, 0.3) is 0 Å². The van der Waals surface area contributed by atoms with E-state index in [1.165, 1.54) is 46.0 Å². The number of benzene rings is 3. The number of anilines is 1. The summed E-state index contributed by atoms with van der Waals surface area (Å²) in [6.07, 6.45) is 2.42. The van der Waals surface area contributed by atoms with Gasteiger partial charge >= 0.3 is 0 Å². The summed E-state index contributed by atoms with van der Waals surface area (Å²) in [6.45, 7) is 2.24. The van der Waals surface area contributed by atoms with Crippen molar-refractivity contribution in [3.05, 3.63) is 66.2 Å². The molecule has 24 heavy (non-hydrogen) atoms. The summed E-state index contributed by atoms with van der Waals surface area (Å²) in [5, 5.41) is 9.96. The predicted octanol–water partition coefficient (Wildman–Crippen LogP) is 4.77. The molecule has 2 heteroatoms. The molecular weight excluding hydrogens is 292 g/mol. The zero-order valence-corrected chi connectivity index (χ0v) is 13.8. The van der Waals surface area contributed by atoms with E-state index in [1.807, 2.05) is 0 Å². The lowest BCUT2D eigenvalue weighted by Gasteiger charge is -2.18. The van der Waals surface area contributed by atoms with Crippen LogP contribution in [0.15, 0.2) is 60.7 Å². The van der Waals surface area contributed by atoms with Crippen LogP contribution in [0.3, 0.4) is 0 Å². The minimum absolute atomic E-state index is 0.580. The fourth-order valence-electron chi connectivity index (χ4n) is 4.46. The zero-order chi connectivity index (χ0) is 15.9. The highest BCUT2D eigenvalue weighted by atomic mass is 15.0. The lowest BCUT2D eigenvalue weighted by molar-refractivity contribution is 0.579. The van der Waals surface area contributed by atoms with Crippen molar-refractivity contribution in [3.8, 4) is 11.1 Å². The quantitative estimate of drug-likeness (QED) is 0.676. The van der Waals surface area contributed by atoms with Crippen molar-refractivity contribution < 1.29 is 0 Å². The molecule has 5 rings (SSSR count). The first-order valence-electron chi connectivity index (χ1n) is 8.99. The third-order valence-corrected chi connectivity index (χ3v) is 5.63. The Hall–Kier alpha value is -2.32. The van der Waals surface area contributed by atoms with Gasteiger partial charge in [-0.1, -0.05) is 48.5 Å². The molecule has 120 valence electrons. The van der Waals surface area contributed by atoms with Gasteiger partial charge in [0.1, 0.15) is 0 Å². The minimum atomic E-state index is 0.580. The number of nitrogens with one attached hydrogen (secondary N) is 2. The van der Waals surface area contributed by atoms with Crippen LogP contribution in [-0.4, -0.2) is 19.1 Å². The van der Waals surface area contributed by atoms with E-state index in [-0.39, 0.29) is 0 Å². The van der Waals surface area contributed by atoms with E-state index >= 15 is 0 Å². The molecule has 2 atom stereocenters. The summed E-state index contributed by atoms with van der Waals surface area (Å²) in [7, 11) is 0. The second kappa shape index (κ2) is 5.64. The molecule has 3 aromatic rings. The van der Waals surface area contributed by atoms with Gasteiger partial charge in [-0.05, 0) is 65.5 Å². The van der Waals surface area contributed by atoms with Crippen LogP contribution in [0.1, 0.15) is 24.3 Å². The lowest BCUT2D eigenvalue weighted by Crippen LogP contribution is -2.21. The van der Waals surface area contributed by atoms with Gasteiger partial charge < -0.3 is 10.6 Å². The van der Waals surface area contributed by atoms with Crippen molar-refractivity contribution in [1.82, 2.24) is 5.32 Å². The molecule has 3 aromatic carbocycles. The highest BCUT2D eigenvalue weighted by molar-refractivity contribution is 5.89. The first-order valence-corrected chi connectivity index (χ1v) is 8.99. The van der Waals surface area contributed by atoms with Gasteiger partial charge in [-0.15, -0.1) is 0 Å². The topological polar surface area (TPSA) is 24.1 Å². The van der Waals surface area contributed by atoms with E-state index in [0.717, 1.165) is 13.1 Å². The highest BCUT2D eigenvalue weighted by Crippen LogP contribution is 2.45. The van der Waals surface area contributed by atoms with Gasteiger partial charge in [-0.3, -0.25) is 0 Å². The zero-order valence-electron chi connectivity index (χ0n) is 13.8. The molecule has 0 amide bonds. The van der Waals surface area contributed by atoms with Gasteiger partial charge in [0.15, 0.2) is 0 Å². The molecule has 2 aliphatic heterocycles. The number of fused-ring (bicyclic) bond motifs is 4. The average Bonchev–Trinajstić information content (AvgIpc) is 2.83. The van der Waals surface area contributed by atoms with Crippen molar-refractivity contribution in [3.63, 3.8) is 0 Å². The molecule has 2 N–H and O–H groups in total. The van der Waals surface area contributed by atoms with Crippen LogP contribution in [0.5, 0.6) is 0 Å². The number of hydrogen-bond acceptors (Lipinski definition) is 2. The van der Waals surface area contributed by atoms with Crippen LogP contribution in [0.2, 0.25) is 0 Å². The molecule has 0 aliphatic carbocycles. The molecule has 2 unspecified atom stereocenters. The van der Waals surface area contributed by atoms with E-state index < -0.39 is 0 Å². The molecule has 0 radical (unpaired) electrons. The molecule has 1 saturated heterocycles. The van der Waals surface area contributed by atoms with Crippen molar-refractivity contribution >= 4 is 16.5 Å². The Bertz CT molecular complexity index is 899. The minimum Gasteiger partial charge on any atom is -0.381 e. The molecule has 2 aliphatic rings. The van der Waals surface area contributed by atoms with Crippen LogP contribution in [0.25, 0.3) is 21.9 Å². The Morgan fingerprint density at radius 3 is 2.62 bits per heavy atom. The first-order chi connectivity index (χ1) is 11.9. The van der Waals surface area contributed by atoms with E-state index in [9.17, 15) is 0 Å². The average molecular weight is 314 g/mol. The second-order valence-electron chi connectivity index (χ2n) is 7.01. The van der Waals surface area contributed by atoms with Crippen LogP contribution >= 0.6 is 0 Å². The van der Waals surface area contributed by atoms with Crippen molar-refractivity contribution in [2.45, 2.75) is 24.8 Å². The Morgan fingerprint density at radius 1 is 0.792 bits per heavy atom. The second-order valence-corrected chi connectivity index (χ2v) is 7.01. The summed E-state index contributed by atoms with van der Waals surface area (Å²) in [5.41, 5.74) is 5.62. The third kappa shape index (κ3) is 2.22. The molecule has 1 fully saturated rings. The van der Waals surface area contributed by atoms with Gasteiger partial charge in [0, 0.05) is 17.6 Å². The number of rotatable bonds is 1. The third-order valence-electron chi connectivity index (χ3n) is 5.63. The summed E-state index contributed by atoms with van der Waals surface area (Å²) in [4.78, 5) is 0. The fraction of sp³-hybridized carbons (Fsp3) is 0.273. The van der Waals surface area contributed by atoms with E-state index in [4.69, 9.17) is 0 Å². The monoisotopic (exact) mass is 314 g/mol. The van der Waals surface area contributed by atoms with Crippen LogP contribution in [0.4, 0.5) is 5.69 Å². The van der Waals surface area contributed by atoms with E-state index in [2.05, 4.69) is 71.3 Å².